The van der Waals surface area contributed by atoms with Gasteiger partial charge in [-0.05, 0) is 6.54 Å². The highest BCUT2D eigenvalue weighted by Gasteiger charge is 1.32. The lowest BCUT2D eigenvalue weighted by atomic mass is 10.8. The normalized spacial score (nSPS) is 3.60. The minimum Gasteiger partial charge on any atom is -0.331 e. The van der Waals surface area contributed by atoms with Gasteiger partial charge in [0.05, 0.1) is 8.41 Å². The van der Waals surface area contributed by atoms with Gasteiger partial charge in [0.15, 0.2) is 0 Å². The third-order valence-electron chi connectivity index (χ3n) is 0. The molecule has 0 aliphatic rings. The van der Waals surface area contributed by atoms with Gasteiger partial charge in [0.1, 0.15) is 0 Å². The monoisotopic (exact) mass is 95.1 g/mol. The predicted molar refractivity (Wildman–Crippen MR) is 31.9 cm³/mol. The first-order chi connectivity index (χ1) is 1.41. The Morgan fingerprint density at radius 1 is 1.60 bits per heavy atom. The van der Waals surface area contributed by atoms with Crippen LogP contribution in [0.1, 0.15) is 6.92 Å². The van der Waals surface area contributed by atoms with Gasteiger partial charge in [0.2, 0.25) is 0 Å². The summed E-state index contributed by atoms with van der Waals surface area (Å²) >= 11 is 0. The number of halogens is 1. The van der Waals surface area contributed by atoms with Crippen LogP contribution in [0.25, 0.3) is 0 Å². The number of rotatable bonds is 0. The standard InChI is InChI=1S/C2H7N.BH3.ClH/c1-2-3;;/h2-3H2,1H3;1H3;1H. The zero-order valence-electron chi connectivity index (χ0n) is 2.69. The quantitative estimate of drug-likeness (QED) is 0.392. The molecular formula is C2H11BClN. The van der Waals surface area contributed by atoms with Crippen LogP contribution in [-0.2, 0) is 0 Å². The van der Waals surface area contributed by atoms with Crippen molar-refractivity contribution in [3.63, 3.8) is 0 Å². The lowest BCUT2D eigenvalue weighted by molar-refractivity contribution is 1.14. The summed E-state index contributed by atoms with van der Waals surface area (Å²) < 4.78 is 0. The zero-order valence-corrected chi connectivity index (χ0v) is 3.51. The van der Waals surface area contributed by atoms with Crippen LogP contribution in [0.4, 0.5) is 0 Å². The third kappa shape index (κ3) is 233. The van der Waals surface area contributed by atoms with Crippen molar-refractivity contribution in [1.29, 1.82) is 0 Å². The second kappa shape index (κ2) is 27.4. The van der Waals surface area contributed by atoms with Crippen LogP contribution in [0.3, 0.4) is 0 Å². The molecule has 0 aliphatic carbocycles. The Hall–Kier alpha value is 0.315. The Balaban J connectivity index is -0.0000000200. The first-order valence-corrected chi connectivity index (χ1v) is 1.12. The molecule has 0 aliphatic heterocycles. The van der Waals surface area contributed by atoms with Crippen molar-refractivity contribution in [2.75, 3.05) is 6.54 Å². The van der Waals surface area contributed by atoms with Crippen molar-refractivity contribution in [1.82, 2.24) is 0 Å². The molecule has 3 heteroatoms. The predicted octanol–water partition coefficient (Wildman–Crippen LogP) is -0.797. The molecule has 5 heavy (non-hydrogen) atoms. The van der Waals surface area contributed by atoms with Crippen LogP contribution in [0.2, 0.25) is 0 Å². The van der Waals surface area contributed by atoms with E-state index in [0.717, 1.165) is 6.54 Å². The van der Waals surface area contributed by atoms with Crippen LogP contribution in [0.15, 0.2) is 0 Å². The summed E-state index contributed by atoms with van der Waals surface area (Å²) in [4.78, 5) is 0. The van der Waals surface area contributed by atoms with Gasteiger partial charge in [-0.2, -0.15) is 0 Å². The first-order valence-electron chi connectivity index (χ1n) is 1.12. The van der Waals surface area contributed by atoms with E-state index >= 15 is 0 Å². The fourth-order valence-electron chi connectivity index (χ4n) is 0. The highest BCUT2D eigenvalue weighted by molar-refractivity contribution is 5.85. The van der Waals surface area contributed by atoms with E-state index in [1.807, 2.05) is 6.92 Å². The highest BCUT2D eigenvalue weighted by Crippen LogP contribution is 1.20. The minimum absolute atomic E-state index is 0. The van der Waals surface area contributed by atoms with E-state index in [1.165, 1.54) is 0 Å². The van der Waals surface area contributed by atoms with Crippen molar-refractivity contribution in [2.24, 2.45) is 5.73 Å². The van der Waals surface area contributed by atoms with E-state index in [-0.39, 0.29) is 20.8 Å². The van der Waals surface area contributed by atoms with E-state index in [4.69, 9.17) is 5.73 Å². The molecule has 0 aromatic heterocycles. The second-order valence-electron chi connectivity index (χ2n) is 0.408. The molecule has 0 aromatic rings. The van der Waals surface area contributed by atoms with Crippen LogP contribution in [-0.4, -0.2) is 15.0 Å². The molecule has 0 heterocycles. The van der Waals surface area contributed by atoms with Crippen molar-refractivity contribution < 1.29 is 0 Å². The molecule has 2 N–H and O–H groups in total. The van der Waals surface area contributed by atoms with Crippen LogP contribution in [0, 0.1) is 0 Å². The summed E-state index contributed by atoms with van der Waals surface area (Å²) in [6, 6.07) is 0. The summed E-state index contributed by atoms with van der Waals surface area (Å²) in [5, 5.41) is 0. The maximum atomic E-state index is 4.85. The minimum atomic E-state index is 0. The van der Waals surface area contributed by atoms with Crippen molar-refractivity contribution in [3.8, 4) is 0 Å². The van der Waals surface area contributed by atoms with Gasteiger partial charge < -0.3 is 5.73 Å². The van der Waals surface area contributed by atoms with Gasteiger partial charge in [-0.1, -0.05) is 6.92 Å². The van der Waals surface area contributed by atoms with Crippen LogP contribution in [0.5, 0.6) is 0 Å². The summed E-state index contributed by atoms with van der Waals surface area (Å²) in [7, 11) is 0. The molecule has 34 valence electrons. The number of hydrogen-bond donors (Lipinski definition) is 1. The maximum absolute atomic E-state index is 4.85. The van der Waals surface area contributed by atoms with Crippen molar-refractivity contribution in [3.05, 3.63) is 0 Å². The van der Waals surface area contributed by atoms with E-state index < -0.39 is 0 Å². The molecule has 0 spiro atoms. The Morgan fingerprint density at radius 3 is 1.60 bits per heavy atom. The van der Waals surface area contributed by atoms with Gasteiger partial charge in [-0.25, -0.2) is 0 Å². The van der Waals surface area contributed by atoms with Crippen LogP contribution >= 0.6 is 12.4 Å². The van der Waals surface area contributed by atoms with Crippen LogP contribution < -0.4 is 5.73 Å². The van der Waals surface area contributed by atoms with Gasteiger partial charge in [0.25, 0.3) is 0 Å². The molecule has 0 rings (SSSR count). The summed E-state index contributed by atoms with van der Waals surface area (Å²) in [5.74, 6) is 0. The molecule has 0 bridgehead atoms. The molecule has 0 amide bonds. The Kier molecular flexibility index (Phi) is 101. The lowest BCUT2D eigenvalue weighted by Crippen LogP contribution is -1.87. The molecule has 0 unspecified atom stereocenters. The average Bonchev–Trinajstić information content (AvgIpc) is 0.918. The van der Waals surface area contributed by atoms with Gasteiger partial charge >= 0.3 is 0 Å². The Bertz CT molecular complexity index is 9.61. The van der Waals surface area contributed by atoms with E-state index in [9.17, 15) is 0 Å². The molecule has 0 fully saturated rings. The topological polar surface area (TPSA) is 26.0 Å². The summed E-state index contributed by atoms with van der Waals surface area (Å²) in [6.07, 6.45) is 0. The first kappa shape index (κ1) is 18.5. The molecular weight excluding hydrogens is 84.3 g/mol. The second-order valence-corrected chi connectivity index (χ2v) is 0.408. The van der Waals surface area contributed by atoms with E-state index in [2.05, 4.69) is 0 Å². The molecule has 0 radical (unpaired) electrons. The zero-order chi connectivity index (χ0) is 2.71. The van der Waals surface area contributed by atoms with E-state index in [1.54, 1.807) is 0 Å². The number of nitrogens with two attached hydrogens (primary N) is 1. The summed E-state index contributed by atoms with van der Waals surface area (Å²) in [5.41, 5.74) is 4.85. The molecule has 0 saturated heterocycles. The number of hydrogen-bond acceptors (Lipinski definition) is 1. The largest absolute Gasteiger partial charge is 0.331 e. The van der Waals surface area contributed by atoms with Crippen molar-refractivity contribution in [2.45, 2.75) is 6.92 Å². The molecule has 0 saturated carbocycles. The third-order valence-corrected chi connectivity index (χ3v) is 0. The van der Waals surface area contributed by atoms with Gasteiger partial charge in [0, 0.05) is 0 Å². The van der Waals surface area contributed by atoms with Crippen molar-refractivity contribution >= 4 is 20.8 Å². The highest BCUT2D eigenvalue weighted by atomic mass is 35.5. The Morgan fingerprint density at radius 2 is 1.60 bits per heavy atom. The smallest absolute Gasteiger partial charge is 0.0814 e. The van der Waals surface area contributed by atoms with Gasteiger partial charge in [-0.15, -0.1) is 12.4 Å². The average molecular weight is 95.4 g/mol. The SMILES string of the molecule is B.CCN.Cl. The molecule has 0 atom stereocenters. The fraction of sp³-hybridized carbons (Fsp3) is 1.00. The van der Waals surface area contributed by atoms with E-state index in [0.29, 0.717) is 0 Å². The molecule has 1 nitrogen and oxygen atoms in total. The Labute approximate surface area is 40.9 Å². The van der Waals surface area contributed by atoms with Gasteiger partial charge in [-0.3, -0.25) is 0 Å². The summed E-state index contributed by atoms with van der Waals surface area (Å²) in [6.45, 7) is 2.65. The fourth-order valence-corrected chi connectivity index (χ4v) is 0. The molecule has 0 aromatic carbocycles. The lowest BCUT2D eigenvalue weighted by Gasteiger charge is -1.53. The maximum Gasteiger partial charge on any atom is 0.0814 e.